The van der Waals surface area contributed by atoms with Crippen LogP contribution >= 0.6 is 0 Å². The molecule has 0 fully saturated rings. The Morgan fingerprint density at radius 1 is 1.31 bits per heavy atom. The number of aromatic nitrogens is 3. The Labute approximate surface area is 95.1 Å². The Balaban J connectivity index is 2.31. The quantitative estimate of drug-likeness (QED) is 0.856. The standard InChI is InChI=1S/C12H16N4/c1-3-4-16-8-11(7-15-16)10-5-9(2)12(13)14-6-10/h5-8H,3-4H2,1-2H3,(H2,13,14). The van der Waals surface area contributed by atoms with E-state index in [2.05, 4.69) is 17.0 Å². The van der Waals surface area contributed by atoms with Crippen molar-refractivity contribution in [3.63, 3.8) is 0 Å². The van der Waals surface area contributed by atoms with Crippen LogP contribution in [0.25, 0.3) is 11.1 Å². The van der Waals surface area contributed by atoms with E-state index >= 15 is 0 Å². The second kappa shape index (κ2) is 4.35. The molecule has 0 amide bonds. The van der Waals surface area contributed by atoms with Gasteiger partial charge in [-0.3, -0.25) is 4.68 Å². The summed E-state index contributed by atoms with van der Waals surface area (Å²) in [6, 6.07) is 2.04. The van der Waals surface area contributed by atoms with Crippen molar-refractivity contribution in [1.29, 1.82) is 0 Å². The fourth-order valence-corrected chi connectivity index (χ4v) is 1.61. The number of nitrogens with zero attached hydrogens (tertiary/aromatic N) is 3. The largest absolute Gasteiger partial charge is 0.383 e. The van der Waals surface area contributed by atoms with Gasteiger partial charge in [-0.2, -0.15) is 5.10 Å². The smallest absolute Gasteiger partial charge is 0.126 e. The van der Waals surface area contributed by atoms with Crippen molar-refractivity contribution >= 4 is 5.82 Å². The lowest BCUT2D eigenvalue weighted by molar-refractivity contribution is 0.603. The van der Waals surface area contributed by atoms with Gasteiger partial charge in [0.1, 0.15) is 5.82 Å². The number of pyridine rings is 1. The molecule has 2 aromatic heterocycles. The van der Waals surface area contributed by atoms with Gasteiger partial charge in [0.25, 0.3) is 0 Å². The number of anilines is 1. The zero-order valence-electron chi connectivity index (χ0n) is 9.64. The first-order valence-corrected chi connectivity index (χ1v) is 5.45. The van der Waals surface area contributed by atoms with E-state index in [-0.39, 0.29) is 0 Å². The van der Waals surface area contributed by atoms with Crippen molar-refractivity contribution in [2.24, 2.45) is 0 Å². The van der Waals surface area contributed by atoms with Gasteiger partial charge in [0.05, 0.1) is 6.20 Å². The fraction of sp³-hybridized carbons (Fsp3) is 0.333. The van der Waals surface area contributed by atoms with Crippen LogP contribution < -0.4 is 5.73 Å². The maximum Gasteiger partial charge on any atom is 0.126 e. The van der Waals surface area contributed by atoms with Crippen molar-refractivity contribution in [2.75, 3.05) is 5.73 Å². The van der Waals surface area contributed by atoms with Gasteiger partial charge in [-0.1, -0.05) is 6.92 Å². The lowest BCUT2D eigenvalue weighted by Gasteiger charge is -2.01. The average molecular weight is 216 g/mol. The molecule has 84 valence electrons. The highest BCUT2D eigenvalue weighted by Gasteiger charge is 2.03. The minimum atomic E-state index is 0.588. The van der Waals surface area contributed by atoms with E-state index in [1.54, 1.807) is 6.20 Å². The van der Waals surface area contributed by atoms with E-state index in [0.29, 0.717) is 5.82 Å². The molecule has 16 heavy (non-hydrogen) atoms. The summed E-state index contributed by atoms with van der Waals surface area (Å²) in [6.07, 6.45) is 6.77. The molecule has 0 aliphatic rings. The van der Waals surface area contributed by atoms with Crippen molar-refractivity contribution < 1.29 is 0 Å². The molecule has 4 nitrogen and oxygen atoms in total. The van der Waals surface area contributed by atoms with Gasteiger partial charge in [-0.25, -0.2) is 4.98 Å². The Morgan fingerprint density at radius 3 is 2.81 bits per heavy atom. The Morgan fingerprint density at radius 2 is 2.12 bits per heavy atom. The molecule has 0 atom stereocenters. The van der Waals surface area contributed by atoms with E-state index in [1.165, 1.54) is 0 Å². The Hall–Kier alpha value is -1.84. The summed E-state index contributed by atoms with van der Waals surface area (Å²) in [5.74, 6) is 0.588. The number of hydrogen-bond acceptors (Lipinski definition) is 3. The summed E-state index contributed by atoms with van der Waals surface area (Å²) in [6.45, 7) is 5.04. The molecule has 0 unspecified atom stereocenters. The summed E-state index contributed by atoms with van der Waals surface area (Å²) in [4.78, 5) is 4.15. The number of rotatable bonds is 3. The highest BCUT2D eigenvalue weighted by molar-refractivity contribution is 5.63. The van der Waals surface area contributed by atoms with Gasteiger partial charge < -0.3 is 5.73 Å². The minimum Gasteiger partial charge on any atom is -0.383 e. The molecule has 0 bridgehead atoms. The molecular formula is C12H16N4. The predicted octanol–water partition coefficient (Wildman–Crippen LogP) is 2.25. The molecular weight excluding hydrogens is 200 g/mol. The lowest BCUT2D eigenvalue weighted by Crippen LogP contribution is -1.95. The molecule has 0 radical (unpaired) electrons. The zero-order valence-corrected chi connectivity index (χ0v) is 9.64. The molecule has 0 aliphatic heterocycles. The molecule has 0 saturated heterocycles. The molecule has 0 aromatic carbocycles. The Kier molecular flexibility index (Phi) is 2.90. The van der Waals surface area contributed by atoms with Crippen LogP contribution in [0.5, 0.6) is 0 Å². The maximum atomic E-state index is 5.69. The summed E-state index contributed by atoms with van der Waals surface area (Å²) in [5, 5.41) is 4.29. The van der Waals surface area contributed by atoms with Gasteiger partial charge >= 0.3 is 0 Å². The van der Waals surface area contributed by atoms with Crippen LogP contribution in [0.4, 0.5) is 5.82 Å². The topological polar surface area (TPSA) is 56.7 Å². The maximum absolute atomic E-state index is 5.69. The van der Waals surface area contributed by atoms with Crippen LogP contribution in [0, 0.1) is 6.92 Å². The van der Waals surface area contributed by atoms with E-state index < -0.39 is 0 Å². The zero-order chi connectivity index (χ0) is 11.5. The first-order chi connectivity index (χ1) is 7.70. The van der Waals surface area contributed by atoms with Crippen molar-refractivity contribution in [3.05, 3.63) is 30.2 Å². The van der Waals surface area contributed by atoms with Gasteiger partial charge in [0.15, 0.2) is 0 Å². The van der Waals surface area contributed by atoms with E-state index in [4.69, 9.17) is 5.73 Å². The van der Waals surface area contributed by atoms with Crippen LogP contribution in [0.15, 0.2) is 24.7 Å². The van der Waals surface area contributed by atoms with Gasteiger partial charge in [-0.15, -0.1) is 0 Å². The number of aryl methyl sites for hydroxylation is 2. The summed E-state index contributed by atoms with van der Waals surface area (Å²) in [7, 11) is 0. The monoisotopic (exact) mass is 216 g/mol. The molecule has 2 N–H and O–H groups in total. The molecule has 0 aliphatic carbocycles. The van der Waals surface area contributed by atoms with Gasteiger partial charge in [0, 0.05) is 30.1 Å². The summed E-state index contributed by atoms with van der Waals surface area (Å²) < 4.78 is 1.95. The average Bonchev–Trinajstić information content (AvgIpc) is 2.71. The molecule has 2 aromatic rings. The minimum absolute atomic E-state index is 0.588. The Bertz CT molecular complexity index is 488. The third-order valence-corrected chi connectivity index (χ3v) is 2.54. The van der Waals surface area contributed by atoms with Crippen molar-refractivity contribution in [2.45, 2.75) is 26.8 Å². The lowest BCUT2D eigenvalue weighted by atomic mass is 10.1. The van der Waals surface area contributed by atoms with Gasteiger partial charge in [0.2, 0.25) is 0 Å². The molecule has 0 spiro atoms. The van der Waals surface area contributed by atoms with Crippen LogP contribution in [0.2, 0.25) is 0 Å². The first kappa shape index (κ1) is 10.7. The van der Waals surface area contributed by atoms with Crippen molar-refractivity contribution in [3.8, 4) is 11.1 Å². The third-order valence-electron chi connectivity index (χ3n) is 2.54. The second-order valence-corrected chi connectivity index (χ2v) is 3.92. The summed E-state index contributed by atoms with van der Waals surface area (Å²) >= 11 is 0. The van der Waals surface area contributed by atoms with Crippen LogP contribution in [-0.2, 0) is 6.54 Å². The SMILES string of the molecule is CCCn1cc(-c2cnc(N)c(C)c2)cn1. The summed E-state index contributed by atoms with van der Waals surface area (Å²) in [5.41, 5.74) is 8.84. The van der Waals surface area contributed by atoms with Crippen LogP contribution in [0.3, 0.4) is 0 Å². The van der Waals surface area contributed by atoms with Crippen LogP contribution in [0.1, 0.15) is 18.9 Å². The molecule has 2 heterocycles. The number of nitrogen functional groups attached to an aromatic ring is 1. The van der Waals surface area contributed by atoms with Crippen LogP contribution in [-0.4, -0.2) is 14.8 Å². The number of hydrogen-bond donors (Lipinski definition) is 1. The fourth-order valence-electron chi connectivity index (χ4n) is 1.61. The van der Waals surface area contributed by atoms with Gasteiger partial charge in [-0.05, 0) is 25.0 Å². The van der Waals surface area contributed by atoms with E-state index in [0.717, 1.165) is 29.7 Å². The predicted molar refractivity (Wildman–Crippen MR) is 64.9 cm³/mol. The van der Waals surface area contributed by atoms with E-state index in [1.807, 2.05) is 30.1 Å². The molecule has 0 saturated carbocycles. The molecule has 2 rings (SSSR count). The first-order valence-electron chi connectivity index (χ1n) is 5.45. The highest BCUT2D eigenvalue weighted by Crippen LogP contribution is 2.20. The molecule has 4 heteroatoms. The van der Waals surface area contributed by atoms with E-state index in [9.17, 15) is 0 Å². The third kappa shape index (κ3) is 2.05. The highest BCUT2D eigenvalue weighted by atomic mass is 15.3. The van der Waals surface area contributed by atoms with Crippen molar-refractivity contribution in [1.82, 2.24) is 14.8 Å². The number of nitrogens with two attached hydrogens (primary N) is 1. The second-order valence-electron chi connectivity index (χ2n) is 3.92. The normalized spacial score (nSPS) is 10.6.